The standard InChI is InChI=1S/C11H22N2/c1-9(2)6-13-7-10(3,8-13)11(12)4-5-11/h9H,4-8,12H2,1-3H3. The molecule has 0 bridgehead atoms. The summed E-state index contributed by atoms with van der Waals surface area (Å²) in [6.45, 7) is 10.6. The van der Waals surface area contributed by atoms with Crippen molar-refractivity contribution in [3.05, 3.63) is 0 Å². The third-order valence-electron chi connectivity index (χ3n) is 3.76. The SMILES string of the molecule is CC(C)CN1CC(C)(C2(N)CC2)C1. The molecule has 1 saturated heterocycles. The number of likely N-dealkylation sites (tertiary alicyclic amines) is 1. The lowest BCUT2D eigenvalue weighted by Crippen LogP contribution is -2.64. The van der Waals surface area contributed by atoms with Crippen molar-refractivity contribution < 1.29 is 0 Å². The van der Waals surface area contributed by atoms with Crippen molar-refractivity contribution in [3.8, 4) is 0 Å². The zero-order valence-corrected chi connectivity index (χ0v) is 9.14. The van der Waals surface area contributed by atoms with Gasteiger partial charge in [0.25, 0.3) is 0 Å². The van der Waals surface area contributed by atoms with Crippen molar-refractivity contribution in [2.75, 3.05) is 19.6 Å². The summed E-state index contributed by atoms with van der Waals surface area (Å²) in [5.74, 6) is 0.789. The predicted molar refractivity (Wildman–Crippen MR) is 55.5 cm³/mol. The molecule has 2 heteroatoms. The molecule has 0 aromatic heterocycles. The molecule has 1 aliphatic heterocycles. The Kier molecular flexibility index (Phi) is 1.97. The molecule has 0 aromatic rings. The van der Waals surface area contributed by atoms with E-state index in [1.165, 1.54) is 32.5 Å². The summed E-state index contributed by atoms with van der Waals surface area (Å²) in [6, 6.07) is 0. The Bertz CT molecular complexity index is 200. The van der Waals surface area contributed by atoms with Gasteiger partial charge < -0.3 is 10.6 Å². The third kappa shape index (κ3) is 1.50. The van der Waals surface area contributed by atoms with E-state index in [2.05, 4.69) is 25.7 Å². The smallest absolute Gasteiger partial charge is 0.0234 e. The van der Waals surface area contributed by atoms with E-state index in [-0.39, 0.29) is 5.54 Å². The molecule has 0 unspecified atom stereocenters. The largest absolute Gasteiger partial charge is 0.325 e. The fraction of sp³-hybridized carbons (Fsp3) is 1.00. The molecule has 1 saturated carbocycles. The van der Waals surface area contributed by atoms with Crippen LogP contribution in [0.2, 0.25) is 0 Å². The average Bonchev–Trinajstić information content (AvgIpc) is 2.64. The van der Waals surface area contributed by atoms with Gasteiger partial charge in [-0.25, -0.2) is 0 Å². The van der Waals surface area contributed by atoms with Gasteiger partial charge in [0.05, 0.1) is 0 Å². The van der Waals surface area contributed by atoms with Gasteiger partial charge >= 0.3 is 0 Å². The minimum Gasteiger partial charge on any atom is -0.325 e. The zero-order chi connectivity index (χ0) is 9.69. The van der Waals surface area contributed by atoms with Crippen LogP contribution in [0.15, 0.2) is 0 Å². The van der Waals surface area contributed by atoms with E-state index in [0.29, 0.717) is 5.41 Å². The predicted octanol–water partition coefficient (Wildman–Crippen LogP) is 1.46. The quantitative estimate of drug-likeness (QED) is 0.716. The number of rotatable bonds is 3. The second kappa shape index (κ2) is 2.71. The van der Waals surface area contributed by atoms with Crippen molar-refractivity contribution in [2.24, 2.45) is 17.1 Å². The van der Waals surface area contributed by atoms with E-state index in [1.54, 1.807) is 0 Å². The van der Waals surface area contributed by atoms with Crippen LogP contribution in [0.25, 0.3) is 0 Å². The van der Waals surface area contributed by atoms with Crippen LogP contribution in [0.5, 0.6) is 0 Å². The third-order valence-corrected chi connectivity index (χ3v) is 3.76. The Morgan fingerprint density at radius 1 is 1.31 bits per heavy atom. The molecule has 2 rings (SSSR count). The van der Waals surface area contributed by atoms with Gasteiger partial charge in [-0.2, -0.15) is 0 Å². The van der Waals surface area contributed by atoms with Gasteiger partial charge in [0.1, 0.15) is 0 Å². The van der Waals surface area contributed by atoms with Crippen molar-refractivity contribution in [1.82, 2.24) is 4.90 Å². The summed E-state index contributed by atoms with van der Waals surface area (Å²) in [7, 11) is 0. The molecule has 2 N–H and O–H groups in total. The average molecular weight is 182 g/mol. The summed E-state index contributed by atoms with van der Waals surface area (Å²) >= 11 is 0. The van der Waals surface area contributed by atoms with E-state index in [9.17, 15) is 0 Å². The van der Waals surface area contributed by atoms with Gasteiger partial charge in [-0.05, 0) is 18.8 Å². The molecule has 0 amide bonds. The van der Waals surface area contributed by atoms with Crippen molar-refractivity contribution in [3.63, 3.8) is 0 Å². The monoisotopic (exact) mass is 182 g/mol. The van der Waals surface area contributed by atoms with Crippen LogP contribution in [-0.2, 0) is 0 Å². The molecule has 13 heavy (non-hydrogen) atoms. The first-order chi connectivity index (χ1) is 5.95. The molecular formula is C11H22N2. The Hall–Kier alpha value is -0.0800. The number of nitrogens with zero attached hydrogens (tertiary/aromatic N) is 1. The Morgan fingerprint density at radius 3 is 2.23 bits per heavy atom. The lowest BCUT2D eigenvalue weighted by molar-refractivity contribution is -0.0200. The highest BCUT2D eigenvalue weighted by atomic mass is 15.2. The van der Waals surface area contributed by atoms with E-state index in [1.807, 2.05) is 0 Å². The van der Waals surface area contributed by atoms with Gasteiger partial charge in [0.2, 0.25) is 0 Å². The van der Waals surface area contributed by atoms with Crippen LogP contribution in [0.1, 0.15) is 33.6 Å². The first-order valence-electron chi connectivity index (χ1n) is 5.46. The molecular weight excluding hydrogens is 160 g/mol. The second-order valence-corrected chi connectivity index (χ2v) is 5.78. The fourth-order valence-corrected chi connectivity index (χ4v) is 2.64. The highest BCUT2D eigenvalue weighted by molar-refractivity contribution is 5.16. The van der Waals surface area contributed by atoms with E-state index >= 15 is 0 Å². The molecule has 2 fully saturated rings. The molecule has 2 nitrogen and oxygen atoms in total. The Labute approximate surface area is 81.5 Å². The minimum absolute atomic E-state index is 0.209. The first kappa shape index (κ1) is 9.47. The molecule has 0 radical (unpaired) electrons. The Morgan fingerprint density at radius 2 is 1.85 bits per heavy atom. The van der Waals surface area contributed by atoms with Crippen molar-refractivity contribution in [2.45, 2.75) is 39.2 Å². The summed E-state index contributed by atoms with van der Waals surface area (Å²) in [4.78, 5) is 2.54. The van der Waals surface area contributed by atoms with Crippen LogP contribution in [0.4, 0.5) is 0 Å². The zero-order valence-electron chi connectivity index (χ0n) is 9.14. The van der Waals surface area contributed by atoms with E-state index in [4.69, 9.17) is 5.73 Å². The molecule has 0 aromatic carbocycles. The van der Waals surface area contributed by atoms with E-state index < -0.39 is 0 Å². The molecule has 2 aliphatic rings. The second-order valence-electron chi connectivity index (χ2n) is 5.78. The highest BCUT2D eigenvalue weighted by Gasteiger charge is 2.58. The maximum atomic E-state index is 6.25. The van der Waals surface area contributed by atoms with Gasteiger partial charge in [-0.15, -0.1) is 0 Å². The van der Waals surface area contributed by atoms with Crippen LogP contribution in [0.3, 0.4) is 0 Å². The summed E-state index contributed by atoms with van der Waals surface area (Å²) < 4.78 is 0. The number of hydrogen-bond acceptors (Lipinski definition) is 2. The summed E-state index contributed by atoms with van der Waals surface area (Å²) in [5, 5.41) is 0. The highest BCUT2D eigenvalue weighted by Crippen LogP contribution is 2.52. The number of hydrogen-bond donors (Lipinski definition) is 1. The van der Waals surface area contributed by atoms with Gasteiger partial charge in [0, 0.05) is 30.6 Å². The maximum Gasteiger partial charge on any atom is 0.0234 e. The van der Waals surface area contributed by atoms with Gasteiger partial charge in [0.15, 0.2) is 0 Å². The van der Waals surface area contributed by atoms with Crippen LogP contribution < -0.4 is 5.73 Å². The number of nitrogens with two attached hydrogens (primary N) is 1. The van der Waals surface area contributed by atoms with Gasteiger partial charge in [-0.3, -0.25) is 0 Å². The van der Waals surface area contributed by atoms with Crippen LogP contribution in [-0.4, -0.2) is 30.1 Å². The first-order valence-corrected chi connectivity index (χ1v) is 5.46. The lowest BCUT2D eigenvalue weighted by Gasteiger charge is -2.52. The van der Waals surface area contributed by atoms with Crippen LogP contribution in [0, 0.1) is 11.3 Å². The summed E-state index contributed by atoms with van der Waals surface area (Å²) in [5.41, 5.74) is 6.89. The molecule has 1 aliphatic carbocycles. The van der Waals surface area contributed by atoms with Crippen molar-refractivity contribution in [1.29, 1.82) is 0 Å². The maximum absolute atomic E-state index is 6.25. The lowest BCUT2D eigenvalue weighted by atomic mass is 9.73. The molecule has 0 atom stereocenters. The fourth-order valence-electron chi connectivity index (χ4n) is 2.64. The Balaban J connectivity index is 1.83. The normalized spacial score (nSPS) is 30.2. The van der Waals surface area contributed by atoms with E-state index in [0.717, 1.165) is 5.92 Å². The molecule has 76 valence electrons. The summed E-state index contributed by atoms with van der Waals surface area (Å²) in [6.07, 6.45) is 2.50. The van der Waals surface area contributed by atoms with Gasteiger partial charge in [-0.1, -0.05) is 20.8 Å². The van der Waals surface area contributed by atoms with Crippen LogP contribution >= 0.6 is 0 Å². The minimum atomic E-state index is 0.209. The van der Waals surface area contributed by atoms with Crippen molar-refractivity contribution >= 4 is 0 Å². The molecule has 1 heterocycles. The molecule has 0 spiro atoms. The topological polar surface area (TPSA) is 29.3 Å².